The third-order valence-corrected chi connectivity index (χ3v) is 5.19. The normalized spacial score (nSPS) is 11.4. The standard InChI is InChI=1S/C19H36O7S/c1-2-3-4-5-6-7-10-25-17(23)8-11-27-12-9-18(24)26-16-19(13-20,14-21)15-22/h20-22H,2-16H2,1H3. The molecule has 0 spiro atoms. The van der Waals surface area contributed by atoms with Gasteiger partial charge in [0.1, 0.15) is 6.61 Å². The topological polar surface area (TPSA) is 113 Å². The predicted molar refractivity (Wildman–Crippen MR) is 106 cm³/mol. The van der Waals surface area contributed by atoms with Crippen molar-refractivity contribution in [2.75, 3.05) is 44.5 Å². The number of aliphatic hydroxyl groups excluding tert-OH is 3. The van der Waals surface area contributed by atoms with Crippen molar-refractivity contribution in [1.29, 1.82) is 0 Å². The highest BCUT2D eigenvalue weighted by Crippen LogP contribution is 2.16. The molecule has 27 heavy (non-hydrogen) atoms. The number of rotatable bonds is 18. The van der Waals surface area contributed by atoms with Gasteiger partial charge in [-0.1, -0.05) is 39.0 Å². The molecule has 0 rings (SSSR count). The smallest absolute Gasteiger partial charge is 0.306 e. The Hall–Kier alpha value is -0.830. The quantitative estimate of drug-likeness (QED) is 0.233. The number of hydrogen-bond donors (Lipinski definition) is 3. The van der Waals surface area contributed by atoms with Crippen LogP contribution in [0.4, 0.5) is 0 Å². The SMILES string of the molecule is CCCCCCCCOC(=O)CCSCCC(=O)OCC(CO)(CO)CO. The molecule has 0 saturated heterocycles. The summed E-state index contributed by atoms with van der Waals surface area (Å²) in [5, 5.41) is 27.5. The molecule has 0 saturated carbocycles. The number of ether oxygens (including phenoxy) is 2. The zero-order chi connectivity index (χ0) is 20.4. The number of carbonyl (C=O) groups is 2. The molecular formula is C19H36O7S. The molecule has 3 N–H and O–H groups in total. The first kappa shape index (κ1) is 26.2. The van der Waals surface area contributed by atoms with E-state index in [1.165, 1.54) is 37.4 Å². The summed E-state index contributed by atoms with van der Waals surface area (Å²) in [4.78, 5) is 23.2. The van der Waals surface area contributed by atoms with Gasteiger partial charge in [0.15, 0.2) is 0 Å². The average molecular weight is 409 g/mol. The Bertz CT molecular complexity index is 378. The lowest BCUT2D eigenvalue weighted by atomic mass is 9.93. The summed E-state index contributed by atoms with van der Waals surface area (Å²) in [6, 6.07) is 0. The van der Waals surface area contributed by atoms with Crippen molar-refractivity contribution in [2.24, 2.45) is 5.41 Å². The Morgan fingerprint density at radius 1 is 0.815 bits per heavy atom. The van der Waals surface area contributed by atoms with Gasteiger partial charge in [0.05, 0.1) is 44.7 Å². The monoisotopic (exact) mass is 408 g/mol. The molecule has 0 aliphatic heterocycles. The number of aliphatic hydroxyl groups is 3. The van der Waals surface area contributed by atoms with Crippen LogP contribution in [0.15, 0.2) is 0 Å². The second-order valence-corrected chi connectivity index (χ2v) is 7.96. The van der Waals surface area contributed by atoms with Crippen LogP contribution in [0, 0.1) is 5.41 Å². The highest BCUT2D eigenvalue weighted by molar-refractivity contribution is 7.99. The molecule has 0 aromatic rings. The van der Waals surface area contributed by atoms with E-state index in [4.69, 9.17) is 24.8 Å². The first-order valence-corrected chi connectivity index (χ1v) is 10.9. The van der Waals surface area contributed by atoms with E-state index in [0.29, 0.717) is 24.5 Å². The molecule has 0 bridgehead atoms. The second-order valence-electron chi connectivity index (χ2n) is 6.74. The zero-order valence-corrected chi connectivity index (χ0v) is 17.3. The largest absolute Gasteiger partial charge is 0.466 e. The van der Waals surface area contributed by atoms with Crippen molar-refractivity contribution in [2.45, 2.75) is 58.3 Å². The van der Waals surface area contributed by atoms with Gasteiger partial charge in [0.25, 0.3) is 0 Å². The summed E-state index contributed by atoms with van der Waals surface area (Å²) in [7, 11) is 0. The van der Waals surface area contributed by atoms with Crippen LogP contribution in [-0.2, 0) is 19.1 Å². The summed E-state index contributed by atoms with van der Waals surface area (Å²) in [6.07, 6.45) is 7.39. The molecular weight excluding hydrogens is 372 g/mol. The fourth-order valence-electron chi connectivity index (χ4n) is 2.15. The fraction of sp³-hybridized carbons (Fsp3) is 0.895. The van der Waals surface area contributed by atoms with E-state index in [2.05, 4.69) is 6.92 Å². The number of carbonyl (C=O) groups excluding carboxylic acids is 2. The van der Waals surface area contributed by atoms with Crippen molar-refractivity contribution in [1.82, 2.24) is 0 Å². The number of esters is 2. The van der Waals surface area contributed by atoms with Gasteiger partial charge >= 0.3 is 11.9 Å². The Balaban J connectivity index is 3.59. The molecule has 160 valence electrons. The molecule has 0 aromatic carbocycles. The molecule has 0 atom stereocenters. The van der Waals surface area contributed by atoms with Crippen molar-refractivity contribution in [3.8, 4) is 0 Å². The van der Waals surface area contributed by atoms with Crippen LogP contribution in [0.25, 0.3) is 0 Å². The third kappa shape index (κ3) is 13.9. The fourth-order valence-corrected chi connectivity index (χ4v) is 2.97. The van der Waals surface area contributed by atoms with Crippen LogP contribution < -0.4 is 0 Å². The summed E-state index contributed by atoms with van der Waals surface area (Å²) < 4.78 is 10.2. The maximum absolute atomic E-state index is 11.6. The lowest BCUT2D eigenvalue weighted by molar-refractivity contribution is -0.150. The lowest BCUT2D eigenvalue weighted by Gasteiger charge is -2.26. The van der Waals surface area contributed by atoms with E-state index in [9.17, 15) is 9.59 Å². The van der Waals surface area contributed by atoms with Crippen LogP contribution in [0.2, 0.25) is 0 Å². The first-order chi connectivity index (χ1) is 13.0. The minimum absolute atomic E-state index is 0.163. The third-order valence-electron chi connectivity index (χ3n) is 4.21. The van der Waals surface area contributed by atoms with Gasteiger partial charge in [-0.05, 0) is 6.42 Å². The van der Waals surface area contributed by atoms with Gasteiger partial charge in [0, 0.05) is 11.5 Å². The minimum Gasteiger partial charge on any atom is -0.466 e. The van der Waals surface area contributed by atoms with Gasteiger partial charge in [-0.15, -0.1) is 0 Å². The summed E-state index contributed by atoms with van der Waals surface area (Å²) in [6.45, 7) is 1.02. The maximum atomic E-state index is 11.6. The molecule has 0 heterocycles. The Morgan fingerprint density at radius 2 is 1.33 bits per heavy atom. The number of unbranched alkanes of at least 4 members (excludes halogenated alkanes) is 5. The highest BCUT2D eigenvalue weighted by Gasteiger charge is 2.30. The van der Waals surface area contributed by atoms with Gasteiger partial charge in [0.2, 0.25) is 0 Å². The van der Waals surface area contributed by atoms with Crippen molar-refractivity contribution in [3.63, 3.8) is 0 Å². The maximum Gasteiger partial charge on any atom is 0.306 e. The van der Waals surface area contributed by atoms with Gasteiger partial charge in [-0.25, -0.2) is 0 Å². The first-order valence-electron chi connectivity index (χ1n) is 9.75. The van der Waals surface area contributed by atoms with Gasteiger partial charge < -0.3 is 24.8 Å². The molecule has 0 aliphatic carbocycles. The number of hydrogen-bond acceptors (Lipinski definition) is 8. The van der Waals surface area contributed by atoms with E-state index in [-0.39, 0.29) is 19.0 Å². The van der Waals surface area contributed by atoms with Crippen LogP contribution in [-0.4, -0.2) is 71.8 Å². The molecule has 8 heteroatoms. The van der Waals surface area contributed by atoms with Crippen molar-refractivity contribution < 1.29 is 34.4 Å². The highest BCUT2D eigenvalue weighted by atomic mass is 32.2. The van der Waals surface area contributed by atoms with Gasteiger partial charge in [-0.3, -0.25) is 9.59 Å². The predicted octanol–water partition coefficient (Wildman–Crippen LogP) is 1.91. The Kier molecular flexibility index (Phi) is 16.7. The summed E-state index contributed by atoms with van der Waals surface area (Å²) in [5.74, 6) is 0.412. The van der Waals surface area contributed by atoms with Crippen molar-refractivity contribution >= 4 is 23.7 Å². The van der Waals surface area contributed by atoms with Crippen LogP contribution in [0.1, 0.15) is 58.3 Å². The molecule has 0 aromatic heterocycles. The second kappa shape index (κ2) is 17.3. The van der Waals surface area contributed by atoms with Gasteiger partial charge in [-0.2, -0.15) is 11.8 Å². The zero-order valence-electron chi connectivity index (χ0n) is 16.5. The molecule has 0 fully saturated rings. The molecule has 0 aliphatic rings. The lowest BCUT2D eigenvalue weighted by Crippen LogP contribution is -2.39. The molecule has 0 unspecified atom stereocenters. The van der Waals surface area contributed by atoms with E-state index in [0.717, 1.165) is 12.8 Å². The molecule has 7 nitrogen and oxygen atoms in total. The molecule has 0 amide bonds. The number of thioether (sulfide) groups is 1. The summed E-state index contributed by atoms with van der Waals surface area (Å²) in [5.41, 5.74) is -1.21. The van der Waals surface area contributed by atoms with Crippen LogP contribution >= 0.6 is 11.8 Å². The Labute approximate surface area is 166 Å². The van der Waals surface area contributed by atoms with E-state index < -0.39 is 31.2 Å². The van der Waals surface area contributed by atoms with E-state index in [1.807, 2.05) is 0 Å². The summed E-state index contributed by atoms with van der Waals surface area (Å²) >= 11 is 1.46. The molecule has 0 radical (unpaired) electrons. The van der Waals surface area contributed by atoms with Crippen LogP contribution in [0.5, 0.6) is 0 Å². The average Bonchev–Trinajstić information content (AvgIpc) is 2.68. The van der Waals surface area contributed by atoms with Crippen molar-refractivity contribution in [3.05, 3.63) is 0 Å². The van der Waals surface area contributed by atoms with E-state index in [1.54, 1.807) is 0 Å². The minimum atomic E-state index is -1.21. The Morgan fingerprint density at radius 3 is 1.89 bits per heavy atom. The van der Waals surface area contributed by atoms with Crippen LogP contribution in [0.3, 0.4) is 0 Å². The van der Waals surface area contributed by atoms with E-state index >= 15 is 0 Å².